The molecule has 0 unspecified atom stereocenters. The zero-order chi connectivity index (χ0) is 20.4. The zero-order valence-electron chi connectivity index (χ0n) is 16.1. The Morgan fingerprint density at radius 2 is 2.07 bits per heavy atom. The van der Waals surface area contributed by atoms with E-state index in [1.807, 2.05) is 43.3 Å². The van der Waals surface area contributed by atoms with Crippen LogP contribution in [0.4, 0.5) is 5.95 Å². The van der Waals surface area contributed by atoms with Gasteiger partial charge in [-0.1, -0.05) is 29.8 Å². The first kappa shape index (κ1) is 18.4. The molecule has 8 heteroatoms. The molecule has 0 radical (unpaired) electrons. The molecule has 3 heterocycles. The number of nitrogens with two attached hydrogens (primary N) is 1. The fraction of sp³-hybridized carbons (Fsp3) is 0.143. The Kier molecular flexibility index (Phi) is 4.82. The molecule has 4 rings (SSSR count). The molecule has 0 saturated carbocycles. The highest BCUT2D eigenvalue weighted by Crippen LogP contribution is 2.25. The fourth-order valence-corrected chi connectivity index (χ4v) is 3.11. The third-order valence-corrected chi connectivity index (χ3v) is 4.51. The van der Waals surface area contributed by atoms with Crippen LogP contribution in [0.5, 0.6) is 5.88 Å². The van der Waals surface area contributed by atoms with Gasteiger partial charge < -0.3 is 15.8 Å². The van der Waals surface area contributed by atoms with E-state index in [9.17, 15) is 4.79 Å². The van der Waals surface area contributed by atoms with Crippen molar-refractivity contribution in [1.29, 1.82) is 0 Å². The molecule has 0 atom stereocenters. The first-order valence-electron chi connectivity index (χ1n) is 9.03. The molecule has 146 valence electrons. The molecule has 0 aliphatic carbocycles. The number of carbonyl (C=O) groups is 1. The number of amides is 1. The van der Waals surface area contributed by atoms with Crippen molar-refractivity contribution in [1.82, 2.24) is 24.9 Å². The summed E-state index contributed by atoms with van der Waals surface area (Å²) in [6.07, 6.45) is 3.41. The number of aromatic nitrogens is 4. The number of carbonyl (C=O) groups excluding carboxylic acids is 1. The molecule has 3 aromatic heterocycles. The number of fused-ring (bicyclic) bond motifs is 1. The predicted octanol–water partition coefficient (Wildman–Crippen LogP) is 2.62. The second-order valence-corrected chi connectivity index (χ2v) is 6.64. The van der Waals surface area contributed by atoms with Gasteiger partial charge in [-0.05, 0) is 36.2 Å². The summed E-state index contributed by atoms with van der Waals surface area (Å²) >= 11 is 0. The van der Waals surface area contributed by atoms with Gasteiger partial charge in [0.1, 0.15) is 5.56 Å². The summed E-state index contributed by atoms with van der Waals surface area (Å²) in [4.78, 5) is 21.3. The maximum absolute atomic E-state index is 12.8. The van der Waals surface area contributed by atoms with E-state index in [0.717, 1.165) is 22.3 Å². The number of hydrogen-bond donors (Lipinski definition) is 2. The molecule has 4 aromatic rings. The number of anilines is 1. The van der Waals surface area contributed by atoms with E-state index in [0.29, 0.717) is 17.8 Å². The number of ether oxygens (including phenoxy) is 1. The second kappa shape index (κ2) is 7.59. The van der Waals surface area contributed by atoms with Crippen molar-refractivity contribution in [2.75, 3.05) is 12.8 Å². The van der Waals surface area contributed by atoms with Gasteiger partial charge >= 0.3 is 0 Å². The van der Waals surface area contributed by atoms with Crippen LogP contribution in [0.15, 0.2) is 54.9 Å². The number of nitrogens with zero attached hydrogens (tertiary/aromatic N) is 4. The Hall–Kier alpha value is -3.94. The van der Waals surface area contributed by atoms with Crippen LogP contribution in [0.1, 0.15) is 21.5 Å². The average molecular weight is 388 g/mol. The summed E-state index contributed by atoms with van der Waals surface area (Å²) in [6.45, 7) is 2.43. The largest absolute Gasteiger partial charge is 0.480 e. The number of hydrogen-bond acceptors (Lipinski definition) is 6. The van der Waals surface area contributed by atoms with Gasteiger partial charge in [-0.25, -0.2) is 9.50 Å². The van der Waals surface area contributed by atoms with Crippen LogP contribution in [0.2, 0.25) is 0 Å². The SMILES string of the molecule is COc1ncc(-c2ccn3nc(N)nc3c2)cc1C(=O)NCc1cccc(C)c1. The number of aryl methyl sites for hydroxylation is 1. The highest BCUT2D eigenvalue weighted by Gasteiger charge is 2.16. The van der Waals surface area contributed by atoms with Gasteiger partial charge in [-0.3, -0.25) is 4.79 Å². The van der Waals surface area contributed by atoms with E-state index in [4.69, 9.17) is 10.5 Å². The van der Waals surface area contributed by atoms with Crippen molar-refractivity contribution < 1.29 is 9.53 Å². The van der Waals surface area contributed by atoms with Gasteiger partial charge in [0.05, 0.1) is 7.11 Å². The Balaban J connectivity index is 1.62. The van der Waals surface area contributed by atoms with Gasteiger partial charge in [0.25, 0.3) is 5.91 Å². The number of methoxy groups -OCH3 is 1. The van der Waals surface area contributed by atoms with Crippen LogP contribution in [0, 0.1) is 6.92 Å². The van der Waals surface area contributed by atoms with E-state index in [1.165, 1.54) is 7.11 Å². The molecule has 0 bridgehead atoms. The van der Waals surface area contributed by atoms with E-state index in [1.54, 1.807) is 23.0 Å². The number of nitrogens with one attached hydrogen (secondary N) is 1. The number of rotatable bonds is 5. The molecule has 8 nitrogen and oxygen atoms in total. The van der Waals surface area contributed by atoms with Crippen LogP contribution in [-0.4, -0.2) is 32.6 Å². The quantitative estimate of drug-likeness (QED) is 0.544. The smallest absolute Gasteiger partial charge is 0.257 e. The minimum Gasteiger partial charge on any atom is -0.480 e. The van der Waals surface area contributed by atoms with E-state index in [2.05, 4.69) is 20.4 Å². The van der Waals surface area contributed by atoms with Crippen molar-refractivity contribution in [3.05, 3.63) is 71.5 Å². The topological polar surface area (TPSA) is 107 Å². The van der Waals surface area contributed by atoms with Crippen LogP contribution in [0.25, 0.3) is 16.8 Å². The Bertz CT molecular complexity index is 1200. The van der Waals surface area contributed by atoms with E-state index < -0.39 is 0 Å². The van der Waals surface area contributed by atoms with Gasteiger partial charge in [0, 0.05) is 24.5 Å². The molecule has 3 N–H and O–H groups in total. The monoisotopic (exact) mass is 388 g/mol. The normalized spacial score (nSPS) is 10.8. The van der Waals surface area contributed by atoms with Crippen LogP contribution < -0.4 is 15.8 Å². The summed E-state index contributed by atoms with van der Waals surface area (Å²) in [7, 11) is 1.49. The maximum Gasteiger partial charge on any atom is 0.257 e. The van der Waals surface area contributed by atoms with E-state index >= 15 is 0 Å². The van der Waals surface area contributed by atoms with Gasteiger partial charge in [-0.15, -0.1) is 5.10 Å². The van der Waals surface area contributed by atoms with Crippen molar-refractivity contribution in [3.8, 4) is 17.0 Å². The molecule has 0 aliphatic heterocycles. The third-order valence-electron chi connectivity index (χ3n) is 4.51. The molecule has 1 amide bonds. The zero-order valence-corrected chi connectivity index (χ0v) is 16.1. The third kappa shape index (κ3) is 3.86. The minimum absolute atomic E-state index is 0.200. The van der Waals surface area contributed by atoms with Crippen molar-refractivity contribution >= 4 is 17.5 Å². The Labute approximate surface area is 167 Å². The number of benzene rings is 1. The molecule has 0 saturated heterocycles. The highest BCUT2D eigenvalue weighted by molar-refractivity contribution is 5.97. The standard InChI is InChI=1S/C21H20N6O2/c1-13-4-3-5-14(8-13)11-23-19(28)17-9-16(12-24-20(17)29-2)15-6-7-27-18(10-15)25-21(22)26-27/h3-10,12H,11H2,1-2H3,(H2,22,26)(H,23,28). The molecule has 1 aromatic carbocycles. The molecule has 0 spiro atoms. The summed E-state index contributed by atoms with van der Waals surface area (Å²) < 4.78 is 6.88. The van der Waals surface area contributed by atoms with Gasteiger partial charge in [-0.2, -0.15) is 4.98 Å². The number of pyridine rings is 2. The summed E-state index contributed by atoms with van der Waals surface area (Å²) in [5.74, 6) is 0.208. The summed E-state index contributed by atoms with van der Waals surface area (Å²) in [5.41, 5.74) is 10.4. The van der Waals surface area contributed by atoms with Crippen LogP contribution in [0.3, 0.4) is 0 Å². The lowest BCUT2D eigenvalue weighted by molar-refractivity contribution is 0.0947. The van der Waals surface area contributed by atoms with Crippen molar-refractivity contribution in [2.24, 2.45) is 0 Å². The average Bonchev–Trinajstić information content (AvgIpc) is 3.10. The fourth-order valence-electron chi connectivity index (χ4n) is 3.11. The predicted molar refractivity (Wildman–Crippen MR) is 110 cm³/mol. The van der Waals surface area contributed by atoms with Gasteiger partial charge in [0.15, 0.2) is 5.65 Å². The van der Waals surface area contributed by atoms with Crippen LogP contribution >= 0.6 is 0 Å². The first-order chi connectivity index (χ1) is 14.0. The van der Waals surface area contributed by atoms with Crippen molar-refractivity contribution in [2.45, 2.75) is 13.5 Å². The maximum atomic E-state index is 12.8. The second-order valence-electron chi connectivity index (χ2n) is 6.64. The molecular formula is C21H20N6O2. The van der Waals surface area contributed by atoms with Crippen LogP contribution in [-0.2, 0) is 6.54 Å². The first-order valence-corrected chi connectivity index (χ1v) is 9.03. The molecule has 29 heavy (non-hydrogen) atoms. The lowest BCUT2D eigenvalue weighted by Gasteiger charge is -2.11. The van der Waals surface area contributed by atoms with E-state index in [-0.39, 0.29) is 17.7 Å². The molecular weight excluding hydrogens is 368 g/mol. The van der Waals surface area contributed by atoms with Crippen molar-refractivity contribution in [3.63, 3.8) is 0 Å². The Morgan fingerprint density at radius 3 is 2.86 bits per heavy atom. The molecule has 0 fully saturated rings. The highest BCUT2D eigenvalue weighted by atomic mass is 16.5. The lowest BCUT2D eigenvalue weighted by atomic mass is 10.1. The van der Waals surface area contributed by atoms with Gasteiger partial charge in [0.2, 0.25) is 11.8 Å². The molecule has 0 aliphatic rings. The lowest BCUT2D eigenvalue weighted by Crippen LogP contribution is -2.23. The number of nitrogen functional groups attached to an aromatic ring is 1. The minimum atomic E-state index is -0.259. The summed E-state index contributed by atoms with van der Waals surface area (Å²) in [6, 6.07) is 13.4. The summed E-state index contributed by atoms with van der Waals surface area (Å²) in [5, 5.41) is 6.99. The Morgan fingerprint density at radius 1 is 1.21 bits per heavy atom.